The monoisotopic (exact) mass is 348 g/mol. The minimum absolute atomic E-state index is 0.107. The number of carbonyl (C=O) groups excluding carboxylic acids is 1. The molecule has 6 heteroatoms. The van der Waals surface area contributed by atoms with E-state index in [1.165, 1.54) is 11.8 Å². The summed E-state index contributed by atoms with van der Waals surface area (Å²) in [6.07, 6.45) is 0.445. The van der Waals surface area contributed by atoms with Gasteiger partial charge < -0.3 is 20.1 Å². The number of nitrogens with one attached hydrogen (secondary N) is 1. The quantitative estimate of drug-likeness (QED) is 0.731. The highest BCUT2D eigenvalue weighted by Gasteiger charge is 2.09. The van der Waals surface area contributed by atoms with Crippen molar-refractivity contribution in [3.63, 3.8) is 0 Å². The number of hydrogen-bond acceptors (Lipinski definition) is 5. The highest BCUT2D eigenvalue weighted by atomic mass is 32.1. The summed E-state index contributed by atoms with van der Waals surface area (Å²) in [7, 11) is 2.00. The fourth-order valence-electron chi connectivity index (χ4n) is 2.29. The molecule has 130 valence electrons. The average molecular weight is 348 g/mol. The normalized spacial score (nSPS) is 12.2. The molecule has 2 aromatic rings. The standard InChI is InChI=1S/C18H24N2O3S/c1-14(21)19-15-5-7-17(8-6-15)23-13-16(22)12-20(2)10-9-18-4-3-11-24-18/h3-8,11,16,22H,9-10,12-13H2,1-2H3,(H,19,21). The second kappa shape index (κ2) is 9.42. The average Bonchev–Trinajstić information content (AvgIpc) is 3.05. The van der Waals surface area contributed by atoms with E-state index >= 15 is 0 Å². The lowest BCUT2D eigenvalue weighted by atomic mass is 10.3. The van der Waals surface area contributed by atoms with E-state index in [1.807, 2.05) is 7.05 Å². The van der Waals surface area contributed by atoms with Gasteiger partial charge in [-0.15, -0.1) is 11.3 Å². The fraction of sp³-hybridized carbons (Fsp3) is 0.389. The van der Waals surface area contributed by atoms with Gasteiger partial charge in [0, 0.05) is 30.6 Å². The molecule has 0 fully saturated rings. The van der Waals surface area contributed by atoms with Crippen LogP contribution in [0.1, 0.15) is 11.8 Å². The highest BCUT2D eigenvalue weighted by molar-refractivity contribution is 7.09. The molecule has 1 aromatic carbocycles. The van der Waals surface area contributed by atoms with Crippen LogP contribution in [-0.4, -0.2) is 48.8 Å². The zero-order valence-electron chi connectivity index (χ0n) is 14.1. The van der Waals surface area contributed by atoms with Crippen LogP contribution in [0.4, 0.5) is 5.69 Å². The molecule has 2 rings (SSSR count). The molecule has 0 radical (unpaired) electrons. The lowest BCUT2D eigenvalue weighted by Crippen LogP contribution is -2.34. The van der Waals surface area contributed by atoms with E-state index in [0.29, 0.717) is 12.3 Å². The Bertz CT molecular complexity index is 614. The van der Waals surface area contributed by atoms with Gasteiger partial charge in [0.25, 0.3) is 0 Å². The summed E-state index contributed by atoms with van der Waals surface area (Å²) in [5, 5.41) is 14.9. The fourth-order valence-corrected chi connectivity index (χ4v) is 2.99. The van der Waals surface area contributed by atoms with Crippen LogP contribution < -0.4 is 10.1 Å². The molecule has 0 aliphatic carbocycles. The summed E-state index contributed by atoms with van der Waals surface area (Å²) >= 11 is 1.76. The third-order valence-corrected chi connectivity index (χ3v) is 4.40. The number of rotatable bonds is 9. The molecular formula is C18H24N2O3S. The van der Waals surface area contributed by atoms with Crippen molar-refractivity contribution in [3.05, 3.63) is 46.7 Å². The highest BCUT2D eigenvalue weighted by Crippen LogP contribution is 2.16. The first-order chi connectivity index (χ1) is 11.5. The van der Waals surface area contributed by atoms with Crippen molar-refractivity contribution in [2.24, 2.45) is 0 Å². The molecule has 0 saturated heterocycles. The molecule has 0 aliphatic heterocycles. The zero-order valence-corrected chi connectivity index (χ0v) is 14.9. The Hall–Kier alpha value is -1.89. The van der Waals surface area contributed by atoms with Crippen LogP contribution in [0.15, 0.2) is 41.8 Å². The van der Waals surface area contributed by atoms with Gasteiger partial charge in [0.05, 0.1) is 0 Å². The summed E-state index contributed by atoms with van der Waals surface area (Å²) in [5.74, 6) is 0.564. The van der Waals surface area contributed by atoms with E-state index in [0.717, 1.165) is 18.7 Å². The van der Waals surface area contributed by atoms with E-state index in [2.05, 4.69) is 27.7 Å². The summed E-state index contributed by atoms with van der Waals surface area (Å²) in [5.41, 5.74) is 0.726. The van der Waals surface area contributed by atoms with Gasteiger partial charge in [0.1, 0.15) is 18.5 Å². The Morgan fingerprint density at radius 1 is 1.33 bits per heavy atom. The second-order valence-electron chi connectivity index (χ2n) is 5.76. The number of likely N-dealkylation sites (N-methyl/N-ethyl adjacent to an activating group) is 1. The molecule has 0 bridgehead atoms. The molecule has 24 heavy (non-hydrogen) atoms. The Morgan fingerprint density at radius 3 is 2.71 bits per heavy atom. The van der Waals surface area contributed by atoms with Crippen molar-refractivity contribution >= 4 is 22.9 Å². The SMILES string of the molecule is CC(=O)Nc1ccc(OCC(O)CN(C)CCc2cccs2)cc1. The molecule has 1 unspecified atom stereocenters. The number of nitrogens with zero attached hydrogens (tertiary/aromatic N) is 1. The van der Waals surface area contributed by atoms with Crippen LogP contribution >= 0.6 is 11.3 Å². The minimum Gasteiger partial charge on any atom is -0.491 e. The molecular weight excluding hydrogens is 324 g/mol. The number of aliphatic hydroxyl groups excluding tert-OH is 1. The summed E-state index contributed by atoms with van der Waals surface area (Å²) in [6, 6.07) is 11.3. The van der Waals surface area contributed by atoms with E-state index in [1.54, 1.807) is 35.6 Å². The van der Waals surface area contributed by atoms with Crippen molar-refractivity contribution in [1.82, 2.24) is 4.90 Å². The van der Waals surface area contributed by atoms with Crippen LogP contribution in [0.5, 0.6) is 5.75 Å². The third kappa shape index (κ3) is 6.70. The Balaban J connectivity index is 1.68. The van der Waals surface area contributed by atoms with Crippen LogP contribution in [0.3, 0.4) is 0 Å². The Labute approximate surface area is 146 Å². The van der Waals surface area contributed by atoms with Crippen molar-refractivity contribution in [3.8, 4) is 5.75 Å². The van der Waals surface area contributed by atoms with Crippen molar-refractivity contribution in [1.29, 1.82) is 0 Å². The number of amides is 1. The summed E-state index contributed by atoms with van der Waals surface area (Å²) < 4.78 is 5.59. The van der Waals surface area contributed by atoms with Gasteiger partial charge in [0.2, 0.25) is 5.91 Å². The second-order valence-corrected chi connectivity index (χ2v) is 6.79. The maximum Gasteiger partial charge on any atom is 0.221 e. The molecule has 1 aromatic heterocycles. The number of benzene rings is 1. The number of aliphatic hydroxyl groups is 1. The molecule has 0 aliphatic rings. The number of thiophene rings is 1. The van der Waals surface area contributed by atoms with Crippen molar-refractivity contribution < 1.29 is 14.6 Å². The number of ether oxygens (including phenoxy) is 1. The maximum atomic E-state index is 11.0. The van der Waals surface area contributed by atoms with Gasteiger partial charge in [-0.25, -0.2) is 0 Å². The summed E-state index contributed by atoms with van der Waals surface area (Å²) in [4.78, 5) is 14.4. The smallest absolute Gasteiger partial charge is 0.221 e. The molecule has 5 nitrogen and oxygen atoms in total. The van der Waals surface area contributed by atoms with Gasteiger partial charge in [-0.3, -0.25) is 4.79 Å². The molecule has 0 saturated carbocycles. The lowest BCUT2D eigenvalue weighted by Gasteiger charge is -2.20. The van der Waals surface area contributed by atoms with Gasteiger partial charge >= 0.3 is 0 Å². The van der Waals surface area contributed by atoms with Crippen LogP contribution in [-0.2, 0) is 11.2 Å². The van der Waals surface area contributed by atoms with Gasteiger partial charge in [-0.05, 0) is 49.2 Å². The Kier molecular flexibility index (Phi) is 7.24. The van der Waals surface area contributed by atoms with E-state index in [-0.39, 0.29) is 12.5 Å². The number of carbonyl (C=O) groups is 1. The largest absolute Gasteiger partial charge is 0.491 e. The van der Waals surface area contributed by atoms with Crippen LogP contribution in [0.25, 0.3) is 0 Å². The molecule has 2 N–H and O–H groups in total. The van der Waals surface area contributed by atoms with Crippen LogP contribution in [0.2, 0.25) is 0 Å². The van der Waals surface area contributed by atoms with Gasteiger partial charge in [-0.2, -0.15) is 0 Å². The zero-order chi connectivity index (χ0) is 17.4. The third-order valence-electron chi connectivity index (χ3n) is 3.46. The first kappa shape index (κ1) is 18.4. The Morgan fingerprint density at radius 2 is 2.08 bits per heavy atom. The molecule has 1 amide bonds. The predicted molar refractivity (Wildman–Crippen MR) is 97.8 cm³/mol. The van der Waals surface area contributed by atoms with Gasteiger partial charge in [-0.1, -0.05) is 6.07 Å². The summed E-state index contributed by atoms with van der Waals surface area (Å²) in [6.45, 7) is 3.18. The van der Waals surface area contributed by atoms with E-state index in [4.69, 9.17) is 4.74 Å². The van der Waals surface area contributed by atoms with E-state index in [9.17, 15) is 9.90 Å². The number of anilines is 1. The van der Waals surface area contributed by atoms with Gasteiger partial charge in [0.15, 0.2) is 0 Å². The van der Waals surface area contributed by atoms with Crippen molar-refractivity contribution in [2.45, 2.75) is 19.4 Å². The number of hydrogen-bond donors (Lipinski definition) is 2. The van der Waals surface area contributed by atoms with E-state index < -0.39 is 6.10 Å². The van der Waals surface area contributed by atoms with Crippen LogP contribution in [0, 0.1) is 0 Å². The first-order valence-corrected chi connectivity index (χ1v) is 8.80. The molecule has 0 spiro atoms. The lowest BCUT2D eigenvalue weighted by molar-refractivity contribution is -0.114. The van der Waals surface area contributed by atoms with Crippen molar-refractivity contribution in [2.75, 3.05) is 32.1 Å². The topological polar surface area (TPSA) is 61.8 Å². The predicted octanol–water partition coefficient (Wildman–Crippen LogP) is 2.62. The molecule has 1 atom stereocenters. The molecule has 1 heterocycles. The minimum atomic E-state index is -0.548. The maximum absolute atomic E-state index is 11.0. The first-order valence-electron chi connectivity index (χ1n) is 7.92.